The van der Waals surface area contributed by atoms with Gasteiger partial charge in [0.25, 0.3) is 5.92 Å². The highest BCUT2D eigenvalue weighted by molar-refractivity contribution is 5.87. The van der Waals surface area contributed by atoms with Crippen molar-refractivity contribution in [3.8, 4) is 0 Å². The number of carbonyl (C=O) groups is 1. The molecule has 3 atom stereocenters. The zero-order valence-corrected chi connectivity index (χ0v) is 12.7. The average Bonchev–Trinajstić information content (AvgIpc) is 2.89. The van der Waals surface area contributed by atoms with E-state index in [9.17, 15) is 13.6 Å². The smallest absolute Gasteiger partial charge is 0.259 e. The summed E-state index contributed by atoms with van der Waals surface area (Å²) in [5.41, 5.74) is 0.640. The van der Waals surface area contributed by atoms with E-state index in [0.29, 0.717) is 0 Å². The highest BCUT2D eigenvalue weighted by atomic mass is 19.3. The van der Waals surface area contributed by atoms with Crippen molar-refractivity contribution in [2.45, 2.75) is 58.0 Å². The third-order valence-electron chi connectivity index (χ3n) is 5.25. The first-order valence-electron chi connectivity index (χ1n) is 7.51. The molecule has 0 radical (unpaired) electrons. The Bertz CT molecular complexity index is 580. The number of hydrogen-bond donors (Lipinski definition) is 0. The van der Waals surface area contributed by atoms with Crippen molar-refractivity contribution < 1.29 is 13.6 Å². The van der Waals surface area contributed by atoms with E-state index in [0.717, 1.165) is 30.9 Å². The minimum atomic E-state index is -2.98. The Morgan fingerprint density at radius 3 is 2.67 bits per heavy atom. The van der Waals surface area contributed by atoms with Crippen LogP contribution in [0.5, 0.6) is 0 Å². The third kappa shape index (κ3) is 2.07. The quantitative estimate of drug-likeness (QED) is 0.804. The molecule has 2 fully saturated rings. The standard InChI is InChI=1S/C17H21F2NO/c1-11-5-4-6-12(9-11)14-8-7-13-10-16(2,17(3,18)19)15(21)20(13)14/h4-6,9,13-14H,7-8,10H2,1-3H3/t13-,14-,16?/m1/s1. The molecule has 0 saturated carbocycles. The number of halogens is 2. The van der Waals surface area contributed by atoms with Gasteiger partial charge >= 0.3 is 0 Å². The fraction of sp³-hybridized carbons (Fsp3) is 0.588. The van der Waals surface area contributed by atoms with Crippen molar-refractivity contribution in [3.63, 3.8) is 0 Å². The summed E-state index contributed by atoms with van der Waals surface area (Å²) in [6.45, 7) is 4.29. The Kier molecular flexibility index (Phi) is 3.12. The van der Waals surface area contributed by atoms with Gasteiger partial charge in [0.1, 0.15) is 5.41 Å². The number of rotatable bonds is 2. The molecule has 1 amide bonds. The lowest BCUT2D eigenvalue weighted by atomic mass is 9.80. The van der Waals surface area contributed by atoms with Crippen molar-refractivity contribution in [3.05, 3.63) is 35.4 Å². The first-order chi connectivity index (χ1) is 9.74. The molecule has 1 aromatic carbocycles. The van der Waals surface area contributed by atoms with E-state index in [4.69, 9.17) is 0 Å². The Morgan fingerprint density at radius 1 is 1.33 bits per heavy atom. The van der Waals surface area contributed by atoms with Gasteiger partial charge in [0.2, 0.25) is 5.91 Å². The van der Waals surface area contributed by atoms with Crippen molar-refractivity contribution in [1.82, 2.24) is 4.90 Å². The van der Waals surface area contributed by atoms with Gasteiger partial charge in [-0.2, -0.15) is 0 Å². The van der Waals surface area contributed by atoms with Crippen LogP contribution in [0.3, 0.4) is 0 Å². The van der Waals surface area contributed by atoms with E-state index in [1.165, 1.54) is 6.92 Å². The summed E-state index contributed by atoms with van der Waals surface area (Å²) in [5, 5.41) is 0. The summed E-state index contributed by atoms with van der Waals surface area (Å²) >= 11 is 0. The minimum Gasteiger partial charge on any atom is -0.332 e. The van der Waals surface area contributed by atoms with Gasteiger partial charge in [-0.3, -0.25) is 4.79 Å². The van der Waals surface area contributed by atoms with Crippen LogP contribution in [-0.4, -0.2) is 22.8 Å². The van der Waals surface area contributed by atoms with Crippen LogP contribution >= 0.6 is 0 Å². The maximum atomic E-state index is 13.9. The number of aryl methyl sites for hydroxylation is 1. The van der Waals surface area contributed by atoms with Gasteiger partial charge < -0.3 is 4.90 Å². The van der Waals surface area contributed by atoms with Crippen molar-refractivity contribution in [2.24, 2.45) is 5.41 Å². The number of alkyl halides is 2. The number of benzene rings is 1. The predicted octanol–water partition coefficient (Wildman–Crippen LogP) is 4.09. The molecule has 0 N–H and O–H groups in total. The highest BCUT2D eigenvalue weighted by Crippen LogP contribution is 2.54. The fourth-order valence-electron chi connectivity index (χ4n) is 3.81. The molecule has 1 unspecified atom stereocenters. The van der Waals surface area contributed by atoms with Gasteiger partial charge in [0.05, 0.1) is 6.04 Å². The molecule has 4 heteroatoms. The molecular weight excluding hydrogens is 272 g/mol. The summed E-state index contributed by atoms with van der Waals surface area (Å²) in [7, 11) is 0. The number of nitrogens with zero attached hydrogens (tertiary/aromatic N) is 1. The van der Waals surface area contributed by atoms with Crippen LogP contribution in [0.15, 0.2) is 24.3 Å². The molecule has 0 spiro atoms. The van der Waals surface area contributed by atoms with Gasteiger partial charge in [-0.1, -0.05) is 29.8 Å². The van der Waals surface area contributed by atoms with Crippen LogP contribution < -0.4 is 0 Å². The first-order valence-corrected chi connectivity index (χ1v) is 7.51. The van der Waals surface area contributed by atoms with Crippen LogP contribution in [0.4, 0.5) is 8.78 Å². The normalized spacial score (nSPS) is 32.6. The summed E-state index contributed by atoms with van der Waals surface area (Å²) in [6.07, 6.45) is 1.94. The van der Waals surface area contributed by atoms with Gasteiger partial charge in [-0.25, -0.2) is 8.78 Å². The van der Waals surface area contributed by atoms with E-state index < -0.39 is 11.3 Å². The summed E-state index contributed by atoms with van der Waals surface area (Å²) in [5.74, 6) is -3.37. The van der Waals surface area contributed by atoms with Crippen LogP contribution in [-0.2, 0) is 4.79 Å². The maximum absolute atomic E-state index is 13.9. The Balaban J connectivity index is 1.95. The summed E-state index contributed by atoms with van der Waals surface area (Å²) in [4.78, 5) is 14.4. The molecule has 0 bridgehead atoms. The molecule has 2 saturated heterocycles. The second-order valence-corrected chi connectivity index (χ2v) is 6.80. The lowest BCUT2D eigenvalue weighted by Crippen LogP contribution is -2.44. The average molecular weight is 293 g/mol. The van der Waals surface area contributed by atoms with Gasteiger partial charge in [0, 0.05) is 13.0 Å². The monoisotopic (exact) mass is 293 g/mol. The molecule has 21 heavy (non-hydrogen) atoms. The van der Waals surface area contributed by atoms with Crippen molar-refractivity contribution in [1.29, 1.82) is 0 Å². The number of carbonyl (C=O) groups excluding carboxylic acids is 1. The maximum Gasteiger partial charge on any atom is 0.259 e. The van der Waals surface area contributed by atoms with Gasteiger partial charge in [0.15, 0.2) is 0 Å². The molecule has 0 aromatic heterocycles. The van der Waals surface area contributed by atoms with E-state index in [-0.39, 0.29) is 24.4 Å². The van der Waals surface area contributed by atoms with E-state index in [1.807, 2.05) is 25.1 Å². The molecule has 2 nitrogen and oxygen atoms in total. The molecule has 114 valence electrons. The van der Waals surface area contributed by atoms with Crippen molar-refractivity contribution in [2.75, 3.05) is 0 Å². The van der Waals surface area contributed by atoms with Crippen molar-refractivity contribution >= 4 is 5.91 Å². The minimum absolute atomic E-state index is 0.0427. The van der Waals surface area contributed by atoms with E-state index >= 15 is 0 Å². The van der Waals surface area contributed by atoms with Crippen LogP contribution in [0.25, 0.3) is 0 Å². The number of hydrogen-bond acceptors (Lipinski definition) is 1. The van der Waals surface area contributed by atoms with Gasteiger partial charge in [-0.15, -0.1) is 0 Å². The first kappa shape index (κ1) is 14.5. The second kappa shape index (κ2) is 4.52. The Labute approximate surface area is 124 Å². The molecule has 2 heterocycles. The predicted molar refractivity (Wildman–Crippen MR) is 77.1 cm³/mol. The molecule has 3 rings (SSSR count). The Morgan fingerprint density at radius 2 is 2.05 bits per heavy atom. The zero-order valence-electron chi connectivity index (χ0n) is 12.7. The van der Waals surface area contributed by atoms with Crippen LogP contribution in [0.1, 0.15) is 50.3 Å². The molecule has 1 aromatic rings. The molecule has 2 aliphatic rings. The summed E-state index contributed by atoms with van der Waals surface area (Å²) < 4.78 is 27.8. The molecule has 0 aliphatic carbocycles. The summed E-state index contributed by atoms with van der Waals surface area (Å²) in [6, 6.07) is 7.93. The third-order valence-corrected chi connectivity index (χ3v) is 5.25. The molecule has 2 aliphatic heterocycles. The van der Waals surface area contributed by atoms with Crippen LogP contribution in [0, 0.1) is 12.3 Å². The number of fused-ring (bicyclic) bond motifs is 1. The van der Waals surface area contributed by atoms with Crippen LogP contribution in [0.2, 0.25) is 0 Å². The molecular formula is C17H21F2NO. The SMILES string of the molecule is Cc1cccc([C@H]2CC[C@@H]3CC(C)(C(C)(F)F)C(=O)N32)c1. The second-order valence-electron chi connectivity index (χ2n) is 6.80. The van der Waals surface area contributed by atoms with E-state index in [1.54, 1.807) is 4.90 Å². The highest BCUT2D eigenvalue weighted by Gasteiger charge is 2.62. The fourth-order valence-corrected chi connectivity index (χ4v) is 3.81. The lowest BCUT2D eigenvalue weighted by Gasteiger charge is -2.31. The number of amides is 1. The topological polar surface area (TPSA) is 20.3 Å². The zero-order chi connectivity index (χ0) is 15.4. The van der Waals surface area contributed by atoms with Gasteiger partial charge in [-0.05, 0) is 38.7 Å². The largest absolute Gasteiger partial charge is 0.332 e. The lowest BCUT2D eigenvalue weighted by molar-refractivity contribution is -0.156. The Hall–Kier alpha value is -1.45. The van der Waals surface area contributed by atoms with E-state index in [2.05, 4.69) is 6.07 Å².